The van der Waals surface area contributed by atoms with Crippen molar-refractivity contribution in [2.75, 3.05) is 25.6 Å². The lowest BCUT2D eigenvalue weighted by Crippen LogP contribution is -2.13. The van der Waals surface area contributed by atoms with Crippen LogP contribution in [0.3, 0.4) is 0 Å². The molecule has 0 aliphatic heterocycles. The number of anilines is 1. The molecule has 0 spiro atoms. The van der Waals surface area contributed by atoms with Crippen LogP contribution in [0.2, 0.25) is 0 Å². The molecule has 0 aliphatic rings. The number of methoxy groups -OCH3 is 1. The number of benzene rings is 2. The van der Waals surface area contributed by atoms with Gasteiger partial charge in [-0.2, -0.15) is 0 Å². The van der Waals surface area contributed by atoms with Crippen molar-refractivity contribution in [3.63, 3.8) is 0 Å². The highest BCUT2D eigenvalue weighted by molar-refractivity contribution is 5.59. The summed E-state index contributed by atoms with van der Waals surface area (Å²) < 4.78 is 24.2. The highest BCUT2D eigenvalue weighted by atomic mass is 19.1. The number of para-hydroxylation sites is 1. The van der Waals surface area contributed by atoms with Gasteiger partial charge in [-0.1, -0.05) is 18.2 Å². The van der Waals surface area contributed by atoms with Gasteiger partial charge in [0.05, 0.1) is 7.11 Å². The van der Waals surface area contributed by atoms with Crippen LogP contribution in [-0.4, -0.2) is 20.3 Å². The molecule has 0 saturated heterocycles. The molecule has 112 valence electrons. The van der Waals surface area contributed by atoms with Crippen LogP contribution in [0.1, 0.15) is 11.1 Å². The van der Waals surface area contributed by atoms with Crippen molar-refractivity contribution < 1.29 is 13.9 Å². The molecule has 0 bridgehead atoms. The SMILES string of the molecule is COc1c(C)ccc(NCCOc2ccccc2F)c1C. The molecule has 3 nitrogen and oxygen atoms in total. The average Bonchev–Trinajstić information content (AvgIpc) is 2.48. The van der Waals surface area contributed by atoms with E-state index in [2.05, 4.69) is 5.32 Å². The van der Waals surface area contributed by atoms with Crippen molar-refractivity contribution in [1.82, 2.24) is 0 Å². The lowest BCUT2D eigenvalue weighted by atomic mass is 10.1. The second kappa shape index (κ2) is 6.97. The minimum absolute atomic E-state index is 0.275. The van der Waals surface area contributed by atoms with Crippen LogP contribution in [0, 0.1) is 19.7 Å². The van der Waals surface area contributed by atoms with Gasteiger partial charge in [0.15, 0.2) is 11.6 Å². The van der Waals surface area contributed by atoms with Gasteiger partial charge in [-0.15, -0.1) is 0 Å². The zero-order chi connectivity index (χ0) is 15.2. The Morgan fingerprint density at radius 3 is 2.57 bits per heavy atom. The first-order valence-electron chi connectivity index (χ1n) is 6.89. The first-order chi connectivity index (χ1) is 10.1. The van der Waals surface area contributed by atoms with Crippen LogP contribution in [0.25, 0.3) is 0 Å². The Morgan fingerprint density at radius 1 is 1.10 bits per heavy atom. The summed E-state index contributed by atoms with van der Waals surface area (Å²) in [5.74, 6) is 0.818. The third-order valence-electron chi connectivity index (χ3n) is 3.32. The fourth-order valence-corrected chi connectivity index (χ4v) is 2.24. The van der Waals surface area contributed by atoms with Crippen molar-refractivity contribution in [3.8, 4) is 11.5 Å². The molecule has 0 atom stereocenters. The van der Waals surface area contributed by atoms with Crippen LogP contribution < -0.4 is 14.8 Å². The second-order valence-electron chi connectivity index (χ2n) is 4.79. The van der Waals surface area contributed by atoms with Gasteiger partial charge in [-0.05, 0) is 37.6 Å². The molecular weight excluding hydrogens is 269 g/mol. The number of rotatable bonds is 6. The number of aryl methyl sites for hydroxylation is 1. The van der Waals surface area contributed by atoms with Crippen LogP contribution in [0.5, 0.6) is 11.5 Å². The van der Waals surface area contributed by atoms with Crippen LogP contribution >= 0.6 is 0 Å². The Morgan fingerprint density at radius 2 is 1.86 bits per heavy atom. The maximum Gasteiger partial charge on any atom is 0.165 e. The van der Waals surface area contributed by atoms with E-state index in [1.807, 2.05) is 26.0 Å². The molecule has 0 fully saturated rings. The van der Waals surface area contributed by atoms with Gasteiger partial charge in [0.25, 0.3) is 0 Å². The summed E-state index contributed by atoms with van der Waals surface area (Å²) in [6.45, 7) is 4.99. The minimum atomic E-state index is -0.342. The number of hydrogen-bond donors (Lipinski definition) is 1. The van der Waals surface area contributed by atoms with Crippen molar-refractivity contribution in [1.29, 1.82) is 0 Å². The number of nitrogens with one attached hydrogen (secondary N) is 1. The monoisotopic (exact) mass is 289 g/mol. The average molecular weight is 289 g/mol. The van der Waals surface area contributed by atoms with E-state index >= 15 is 0 Å². The Balaban J connectivity index is 1.91. The number of halogens is 1. The summed E-state index contributed by atoms with van der Waals surface area (Å²) in [6.07, 6.45) is 0. The molecule has 0 aliphatic carbocycles. The predicted molar refractivity (Wildman–Crippen MR) is 82.9 cm³/mol. The quantitative estimate of drug-likeness (QED) is 0.817. The molecule has 4 heteroatoms. The summed E-state index contributed by atoms with van der Waals surface area (Å²) in [5.41, 5.74) is 3.15. The van der Waals surface area contributed by atoms with Crippen molar-refractivity contribution >= 4 is 5.69 Å². The van der Waals surface area contributed by atoms with E-state index in [-0.39, 0.29) is 11.6 Å². The van der Waals surface area contributed by atoms with Crippen molar-refractivity contribution in [3.05, 3.63) is 53.3 Å². The first kappa shape index (κ1) is 15.2. The topological polar surface area (TPSA) is 30.5 Å². The van der Waals surface area contributed by atoms with E-state index in [9.17, 15) is 4.39 Å². The van der Waals surface area contributed by atoms with Gasteiger partial charge in [-0.25, -0.2) is 4.39 Å². The van der Waals surface area contributed by atoms with Crippen LogP contribution in [-0.2, 0) is 0 Å². The minimum Gasteiger partial charge on any atom is -0.496 e. The fraction of sp³-hybridized carbons (Fsp3) is 0.294. The highest BCUT2D eigenvalue weighted by Crippen LogP contribution is 2.28. The molecule has 2 aromatic rings. The summed E-state index contributed by atoms with van der Waals surface area (Å²) in [7, 11) is 1.67. The third-order valence-corrected chi connectivity index (χ3v) is 3.32. The van der Waals surface area contributed by atoms with Crippen molar-refractivity contribution in [2.24, 2.45) is 0 Å². The molecule has 2 rings (SSSR count). The van der Waals surface area contributed by atoms with Gasteiger partial charge in [0, 0.05) is 17.8 Å². The van der Waals surface area contributed by atoms with Gasteiger partial charge in [0.1, 0.15) is 12.4 Å². The summed E-state index contributed by atoms with van der Waals surface area (Å²) >= 11 is 0. The Bertz CT molecular complexity index is 614. The van der Waals surface area contributed by atoms with E-state index in [0.717, 1.165) is 22.6 Å². The lowest BCUT2D eigenvalue weighted by molar-refractivity contribution is 0.315. The zero-order valence-corrected chi connectivity index (χ0v) is 12.6. The van der Waals surface area contributed by atoms with E-state index < -0.39 is 0 Å². The highest BCUT2D eigenvalue weighted by Gasteiger charge is 2.07. The molecular formula is C17H20FNO2. The second-order valence-corrected chi connectivity index (χ2v) is 4.79. The van der Waals surface area contributed by atoms with Crippen molar-refractivity contribution in [2.45, 2.75) is 13.8 Å². The van der Waals surface area contributed by atoms with E-state index in [4.69, 9.17) is 9.47 Å². The van der Waals surface area contributed by atoms with Crippen LogP contribution in [0.4, 0.5) is 10.1 Å². The zero-order valence-electron chi connectivity index (χ0n) is 12.6. The molecule has 0 heterocycles. The summed E-state index contributed by atoms with van der Waals surface area (Å²) in [5, 5.41) is 3.28. The normalized spacial score (nSPS) is 10.3. The van der Waals surface area contributed by atoms with E-state index in [1.165, 1.54) is 6.07 Å². The maximum absolute atomic E-state index is 13.4. The summed E-state index contributed by atoms with van der Waals surface area (Å²) in [4.78, 5) is 0. The Kier molecular flexibility index (Phi) is 5.04. The summed E-state index contributed by atoms with van der Waals surface area (Å²) in [6, 6.07) is 10.4. The molecule has 0 saturated carbocycles. The van der Waals surface area contributed by atoms with Gasteiger partial charge < -0.3 is 14.8 Å². The molecule has 0 unspecified atom stereocenters. The van der Waals surface area contributed by atoms with Gasteiger partial charge >= 0.3 is 0 Å². The van der Waals surface area contributed by atoms with Gasteiger partial charge in [0.2, 0.25) is 0 Å². The Hall–Kier alpha value is -2.23. The molecule has 0 amide bonds. The smallest absolute Gasteiger partial charge is 0.165 e. The largest absolute Gasteiger partial charge is 0.496 e. The standard InChI is InChI=1S/C17H20FNO2/c1-12-8-9-15(13(2)17(12)20-3)19-10-11-21-16-7-5-4-6-14(16)18/h4-9,19H,10-11H2,1-3H3. The van der Waals surface area contributed by atoms with Crippen LogP contribution in [0.15, 0.2) is 36.4 Å². The van der Waals surface area contributed by atoms with E-state index in [1.54, 1.807) is 25.3 Å². The molecule has 0 aromatic heterocycles. The van der Waals surface area contributed by atoms with E-state index in [0.29, 0.717) is 13.2 Å². The Labute approximate surface area is 124 Å². The lowest BCUT2D eigenvalue weighted by Gasteiger charge is -2.15. The molecule has 0 radical (unpaired) electrons. The predicted octanol–water partition coefficient (Wildman–Crippen LogP) is 3.94. The molecule has 1 N–H and O–H groups in total. The fourth-order valence-electron chi connectivity index (χ4n) is 2.24. The number of hydrogen-bond acceptors (Lipinski definition) is 3. The molecule has 2 aromatic carbocycles. The number of ether oxygens (including phenoxy) is 2. The third kappa shape index (κ3) is 3.66. The first-order valence-corrected chi connectivity index (χ1v) is 6.89. The van der Waals surface area contributed by atoms with Gasteiger partial charge in [-0.3, -0.25) is 0 Å². The molecule has 21 heavy (non-hydrogen) atoms. The maximum atomic E-state index is 13.4.